The molecular weight excluding hydrogens is 543 g/mol. The number of hydrogen-bond donors (Lipinski definition) is 0. The molecule has 0 saturated carbocycles. The van der Waals surface area contributed by atoms with E-state index < -0.39 is 86.3 Å². The first-order valence-corrected chi connectivity index (χ1v) is 12.0. The van der Waals surface area contributed by atoms with Crippen LogP contribution >= 0.6 is 0 Å². The molecule has 0 rings (SSSR count). The molecule has 0 aliphatic heterocycles. The molecule has 0 aromatic carbocycles. The molecule has 0 amide bonds. The predicted molar refractivity (Wildman–Crippen MR) is 87.6 cm³/mol. The Kier molecular flexibility index (Phi) is 9.54. The fourth-order valence-electron chi connectivity index (χ4n) is 3.15. The highest BCUT2D eigenvalue weighted by Gasteiger charge is 2.92. The van der Waals surface area contributed by atoms with Crippen LogP contribution in [-0.4, -0.2) is 68.2 Å². The lowest BCUT2D eigenvalue weighted by molar-refractivity contribution is -0.432. The van der Waals surface area contributed by atoms with E-state index in [0.717, 1.165) is 20.8 Å². The summed E-state index contributed by atoms with van der Waals surface area (Å²) in [4.78, 5) is 0. The zero-order valence-electron chi connectivity index (χ0n) is 17.4. The molecule has 0 saturated heterocycles. The Labute approximate surface area is 182 Å². The maximum atomic E-state index is 14.5. The summed E-state index contributed by atoms with van der Waals surface area (Å²) in [6, 6.07) is -1.92. The molecular formula is C16H19F17Si. The van der Waals surface area contributed by atoms with Crippen LogP contribution in [0.5, 0.6) is 0 Å². The number of hydrogen-bond acceptors (Lipinski definition) is 0. The van der Waals surface area contributed by atoms with Crippen molar-refractivity contribution in [2.75, 3.05) is 0 Å². The monoisotopic (exact) mass is 562 g/mol. The molecule has 0 N–H and O–H groups in total. The Morgan fingerprint density at radius 3 is 1.06 bits per heavy atom. The van der Waals surface area contributed by atoms with Crippen molar-refractivity contribution in [2.45, 2.75) is 99.0 Å². The SMILES string of the molecule is CC[Si](CC)(CC)C(F)C(F)(F)C(F)(F)C(F)(F)C(F)(F)C(F)(F)C(F)(F)C(F)C(F)C(F)F. The topological polar surface area (TPSA) is 0 Å². The molecule has 18 heteroatoms. The van der Waals surface area contributed by atoms with Crippen molar-refractivity contribution >= 4 is 8.07 Å². The van der Waals surface area contributed by atoms with E-state index in [-0.39, 0.29) is 0 Å². The molecule has 3 unspecified atom stereocenters. The van der Waals surface area contributed by atoms with Crippen molar-refractivity contribution < 1.29 is 74.6 Å². The van der Waals surface area contributed by atoms with E-state index in [9.17, 15) is 74.6 Å². The normalized spacial score (nSPS) is 18.3. The molecule has 0 aromatic heterocycles. The van der Waals surface area contributed by atoms with E-state index in [0.29, 0.717) is 0 Å². The first-order chi connectivity index (χ1) is 14.9. The standard InChI is InChI=1S/C16H19F17Si/c1-4-34(5-2,6-3)10(21)12(24,25)14(28,29)16(32,33)15(30,31)13(26,27)11(22,23)8(18)7(17)9(19)20/h7-10H,4-6H2,1-3H3. The third-order valence-electron chi connectivity index (χ3n) is 5.86. The van der Waals surface area contributed by atoms with E-state index >= 15 is 0 Å². The van der Waals surface area contributed by atoms with Gasteiger partial charge in [-0.15, -0.1) is 0 Å². The minimum absolute atomic E-state index is 0.641. The van der Waals surface area contributed by atoms with Crippen LogP contribution in [0.25, 0.3) is 0 Å². The molecule has 0 spiro atoms. The fraction of sp³-hybridized carbons (Fsp3) is 1.00. The van der Waals surface area contributed by atoms with E-state index in [4.69, 9.17) is 0 Å². The minimum Gasteiger partial charge on any atom is -0.245 e. The summed E-state index contributed by atoms with van der Waals surface area (Å²) in [5, 5.41) is 0. The lowest BCUT2D eigenvalue weighted by Crippen LogP contribution is -2.74. The number of rotatable bonds is 13. The summed E-state index contributed by atoms with van der Waals surface area (Å²) >= 11 is 0. The summed E-state index contributed by atoms with van der Waals surface area (Å²) in [5.41, 5.74) is 0. The fourth-order valence-corrected chi connectivity index (χ4v) is 6.67. The molecule has 3 atom stereocenters. The largest absolute Gasteiger partial charge is 0.384 e. The summed E-state index contributed by atoms with van der Waals surface area (Å²) < 4.78 is 230. The first kappa shape index (κ1) is 33.0. The van der Waals surface area contributed by atoms with Crippen LogP contribution in [0.1, 0.15) is 20.8 Å². The molecule has 0 nitrogen and oxygen atoms in total. The number of alkyl halides is 17. The van der Waals surface area contributed by atoms with Crippen molar-refractivity contribution in [3.8, 4) is 0 Å². The van der Waals surface area contributed by atoms with E-state index in [2.05, 4.69) is 0 Å². The summed E-state index contributed by atoms with van der Waals surface area (Å²) in [5.74, 6) is -51.1. The Morgan fingerprint density at radius 2 is 0.794 bits per heavy atom. The van der Waals surface area contributed by atoms with Crippen LogP contribution in [-0.2, 0) is 0 Å². The van der Waals surface area contributed by atoms with Crippen molar-refractivity contribution in [3.05, 3.63) is 0 Å². The predicted octanol–water partition coefficient (Wildman–Crippen LogP) is 8.13. The third kappa shape index (κ3) is 4.48. The average Bonchev–Trinajstić information content (AvgIpc) is 2.73. The van der Waals surface area contributed by atoms with Gasteiger partial charge in [-0.2, -0.15) is 52.7 Å². The van der Waals surface area contributed by atoms with E-state index in [1.54, 1.807) is 0 Å². The molecule has 0 radical (unpaired) electrons. The summed E-state index contributed by atoms with van der Waals surface area (Å²) in [6.07, 6.45) is -15.5. The maximum Gasteiger partial charge on any atom is 0.384 e. The van der Waals surface area contributed by atoms with Crippen molar-refractivity contribution in [2.24, 2.45) is 0 Å². The van der Waals surface area contributed by atoms with Crippen molar-refractivity contribution in [3.63, 3.8) is 0 Å². The molecule has 0 heterocycles. The maximum absolute atomic E-state index is 14.5. The van der Waals surface area contributed by atoms with E-state index in [1.807, 2.05) is 0 Å². The molecule has 0 aliphatic carbocycles. The Balaban J connectivity index is 6.76. The third-order valence-corrected chi connectivity index (χ3v) is 11.5. The van der Waals surface area contributed by atoms with Gasteiger partial charge in [-0.1, -0.05) is 38.9 Å². The number of halogens is 17. The van der Waals surface area contributed by atoms with Crippen LogP contribution in [0.2, 0.25) is 18.1 Å². The van der Waals surface area contributed by atoms with Gasteiger partial charge in [-0.25, -0.2) is 22.0 Å². The van der Waals surface area contributed by atoms with Gasteiger partial charge in [0.1, 0.15) is 8.07 Å². The zero-order valence-corrected chi connectivity index (χ0v) is 18.4. The van der Waals surface area contributed by atoms with Crippen LogP contribution in [0, 0.1) is 0 Å². The van der Waals surface area contributed by atoms with Crippen molar-refractivity contribution in [1.29, 1.82) is 0 Å². The van der Waals surface area contributed by atoms with Gasteiger partial charge in [0.05, 0.1) is 0 Å². The van der Waals surface area contributed by atoms with Gasteiger partial charge in [-0.3, -0.25) is 0 Å². The van der Waals surface area contributed by atoms with Gasteiger partial charge >= 0.3 is 35.5 Å². The first-order valence-electron chi connectivity index (χ1n) is 9.32. The van der Waals surface area contributed by atoms with Gasteiger partial charge in [0.25, 0.3) is 6.43 Å². The second-order valence-electron chi connectivity index (χ2n) is 7.51. The van der Waals surface area contributed by atoms with Gasteiger partial charge in [0.15, 0.2) is 12.0 Å². The van der Waals surface area contributed by atoms with Crippen molar-refractivity contribution in [1.82, 2.24) is 0 Å². The lowest BCUT2D eigenvalue weighted by Gasteiger charge is -2.44. The smallest absolute Gasteiger partial charge is 0.245 e. The van der Waals surface area contributed by atoms with Gasteiger partial charge in [0.2, 0.25) is 6.17 Å². The average molecular weight is 562 g/mol. The molecule has 0 bridgehead atoms. The van der Waals surface area contributed by atoms with E-state index in [1.165, 1.54) is 0 Å². The van der Waals surface area contributed by atoms with Crippen LogP contribution < -0.4 is 0 Å². The lowest BCUT2D eigenvalue weighted by atomic mass is 9.89. The Morgan fingerprint density at radius 1 is 0.500 bits per heavy atom. The summed E-state index contributed by atoms with van der Waals surface area (Å²) in [6.45, 7) is 2.91. The second kappa shape index (κ2) is 9.82. The Hall–Kier alpha value is -0.973. The molecule has 0 aliphatic rings. The highest BCUT2D eigenvalue weighted by molar-refractivity contribution is 6.81. The molecule has 0 fully saturated rings. The van der Waals surface area contributed by atoms with Gasteiger partial charge < -0.3 is 0 Å². The molecule has 0 aromatic rings. The minimum atomic E-state index is -8.32. The van der Waals surface area contributed by atoms with Crippen LogP contribution in [0.15, 0.2) is 0 Å². The van der Waals surface area contributed by atoms with Crippen LogP contribution in [0.3, 0.4) is 0 Å². The second-order valence-corrected chi connectivity index (χ2v) is 12.9. The Bertz CT molecular complexity index is 664. The summed E-state index contributed by atoms with van der Waals surface area (Å²) in [7, 11) is -4.34. The highest BCUT2D eigenvalue weighted by Crippen LogP contribution is 2.62. The molecule has 34 heavy (non-hydrogen) atoms. The quantitative estimate of drug-likeness (QED) is 0.157. The van der Waals surface area contributed by atoms with Gasteiger partial charge in [-0.05, 0) is 0 Å². The van der Waals surface area contributed by atoms with Gasteiger partial charge in [0, 0.05) is 0 Å². The molecule has 206 valence electrons. The highest BCUT2D eigenvalue weighted by atomic mass is 28.3. The van der Waals surface area contributed by atoms with Crippen LogP contribution in [0.4, 0.5) is 74.6 Å². The zero-order chi connectivity index (χ0) is 27.9.